The quantitative estimate of drug-likeness (QED) is 0.458. The molecular weight excluding hydrogens is 400 g/mol. The number of likely N-dealkylation sites (tertiary alicyclic amines) is 1. The van der Waals surface area contributed by atoms with Gasteiger partial charge in [0, 0.05) is 31.7 Å². The zero-order valence-corrected chi connectivity index (χ0v) is 18.6. The van der Waals surface area contributed by atoms with Crippen LogP contribution in [0, 0.1) is 0 Å². The normalized spacial score (nSPS) is 21.1. The number of piperidine rings is 1. The maximum atomic E-state index is 13.3. The lowest BCUT2D eigenvalue weighted by molar-refractivity contribution is -0.914. The summed E-state index contributed by atoms with van der Waals surface area (Å²) >= 11 is 0. The molecule has 1 aliphatic rings. The molecule has 0 unspecified atom stereocenters. The summed E-state index contributed by atoms with van der Waals surface area (Å²) in [6.45, 7) is 2.93. The molecule has 4 rings (SSSR count). The van der Waals surface area contributed by atoms with Crippen molar-refractivity contribution >= 4 is 5.97 Å². The molecule has 1 aromatic heterocycles. The van der Waals surface area contributed by atoms with Crippen LogP contribution >= 0.6 is 0 Å². The van der Waals surface area contributed by atoms with Crippen molar-refractivity contribution in [1.29, 1.82) is 0 Å². The minimum absolute atomic E-state index is 0.187. The van der Waals surface area contributed by atoms with Gasteiger partial charge in [-0.2, -0.15) is 0 Å². The van der Waals surface area contributed by atoms with Gasteiger partial charge in [0.05, 0.1) is 26.7 Å². The predicted octanol–water partition coefficient (Wildman–Crippen LogP) is 3.71. The second-order valence-electron chi connectivity index (χ2n) is 8.94. The van der Waals surface area contributed by atoms with E-state index in [-0.39, 0.29) is 6.10 Å². The maximum absolute atomic E-state index is 13.3. The highest BCUT2D eigenvalue weighted by Crippen LogP contribution is 2.32. The van der Waals surface area contributed by atoms with Gasteiger partial charge in [0.15, 0.2) is 0 Å². The molecule has 1 fully saturated rings. The average Bonchev–Trinajstić information content (AvgIpc) is 2.85. The van der Waals surface area contributed by atoms with Gasteiger partial charge in [-0.25, -0.2) is 4.79 Å². The molecule has 2 heterocycles. The molecule has 0 saturated carbocycles. The number of aliphatic hydroxyl groups is 1. The zero-order chi connectivity index (χ0) is 22.4. The molecule has 1 N–H and O–H groups in total. The highest BCUT2D eigenvalue weighted by Gasteiger charge is 2.43. The van der Waals surface area contributed by atoms with Crippen molar-refractivity contribution in [2.75, 3.05) is 26.7 Å². The summed E-state index contributed by atoms with van der Waals surface area (Å²) in [6, 6.07) is 22.2. The van der Waals surface area contributed by atoms with Gasteiger partial charge in [-0.3, -0.25) is 4.98 Å². The Morgan fingerprint density at radius 3 is 2.03 bits per heavy atom. The molecule has 0 spiro atoms. The SMILES string of the molecule is C[N+]1(CCc2ccncc2)CCC(OC(=O)C(O)(c2ccccc2)c2ccccc2)CC1. The number of likely N-dealkylation sites (N-methyl/N-ethyl adjacent to an activating group) is 1. The van der Waals surface area contributed by atoms with E-state index in [2.05, 4.69) is 24.2 Å². The molecule has 1 aliphatic heterocycles. The lowest BCUT2D eigenvalue weighted by Gasteiger charge is -2.41. The van der Waals surface area contributed by atoms with Gasteiger partial charge < -0.3 is 14.3 Å². The van der Waals surface area contributed by atoms with E-state index in [0.29, 0.717) is 11.1 Å². The van der Waals surface area contributed by atoms with Crippen molar-refractivity contribution in [1.82, 2.24) is 4.98 Å². The van der Waals surface area contributed by atoms with Gasteiger partial charge >= 0.3 is 5.97 Å². The first-order valence-electron chi connectivity index (χ1n) is 11.3. The maximum Gasteiger partial charge on any atom is 0.347 e. The van der Waals surface area contributed by atoms with E-state index in [1.165, 1.54) is 5.56 Å². The number of pyridine rings is 1. The van der Waals surface area contributed by atoms with Crippen molar-refractivity contribution in [2.24, 2.45) is 0 Å². The van der Waals surface area contributed by atoms with E-state index in [1.807, 2.05) is 48.8 Å². The summed E-state index contributed by atoms with van der Waals surface area (Å²) in [6.07, 6.45) is 6.07. The number of ether oxygens (including phenoxy) is 1. The molecule has 5 heteroatoms. The molecule has 1 saturated heterocycles. The van der Waals surface area contributed by atoms with Gasteiger partial charge in [-0.15, -0.1) is 0 Å². The highest BCUT2D eigenvalue weighted by atomic mass is 16.6. The van der Waals surface area contributed by atoms with Crippen molar-refractivity contribution in [3.05, 3.63) is 102 Å². The van der Waals surface area contributed by atoms with E-state index in [1.54, 1.807) is 24.3 Å². The number of carbonyl (C=O) groups is 1. The fourth-order valence-electron chi connectivity index (χ4n) is 4.46. The van der Waals surface area contributed by atoms with Crippen molar-refractivity contribution < 1.29 is 19.1 Å². The number of benzene rings is 2. The van der Waals surface area contributed by atoms with Gasteiger partial charge in [-0.05, 0) is 28.8 Å². The Morgan fingerprint density at radius 2 is 1.50 bits per heavy atom. The molecule has 0 radical (unpaired) electrons. The highest BCUT2D eigenvalue weighted by molar-refractivity contribution is 5.85. The second-order valence-corrected chi connectivity index (χ2v) is 8.94. The van der Waals surface area contributed by atoms with Gasteiger partial charge in [0.2, 0.25) is 5.60 Å². The summed E-state index contributed by atoms with van der Waals surface area (Å²) in [5.41, 5.74) is 0.512. The van der Waals surface area contributed by atoms with Crippen LogP contribution in [0.4, 0.5) is 0 Å². The molecule has 0 atom stereocenters. The summed E-state index contributed by atoms with van der Waals surface area (Å²) in [7, 11) is 2.27. The average molecular weight is 432 g/mol. The van der Waals surface area contributed by atoms with Crippen molar-refractivity contribution in [2.45, 2.75) is 31.0 Å². The topological polar surface area (TPSA) is 59.4 Å². The van der Waals surface area contributed by atoms with Crippen LogP contribution in [0.25, 0.3) is 0 Å². The molecule has 32 heavy (non-hydrogen) atoms. The van der Waals surface area contributed by atoms with Gasteiger partial charge in [0.1, 0.15) is 6.10 Å². The van der Waals surface area contributed by atoms with Crippen molar-refractivity contribution in [3.63, 3.8) is 0 Å². The zero-order valence-electron chi connectivity index (χ0n) is 18.6. The van der Waals surface area contributed by atoms with Crippen LogP contribution in [-0.2, 0) is 21.6 Å². The fourth-order valence-corrected chi connectivity index (χ4v) is 4.46. The van der Waals surface area contributed by atoms with Gasteiger partial charge in [-0.1, -0.05) is 60.7 Å². The predicted molar refractivity (Wildman–Crippen MR) is 124 cm³/mol. The number of rotatable bonds is 7. The third kappa shape index (κ3) is 4.90. The minimum Gasteiger partial charge on any atom is -0.459 e. The number of nitrogens with zero attached hydrogens (tertiary/aromatic N) is 2. The number of hydrogen-bond donors (Lipinski definition) is 1. The van der Waals surface area contributed by atoms with E-state index in [4.69, 9.17) is 4.74 Å². The van der Waals surface area contributed by atoms with Crippen LogP contribution < -0.4 is 0 Å². The second kappa shape index (κ2) is 9.63. The molecule has 3 aromatic rings. The summed E-state index contributed by atoms with van der Waals surface area (Å²) in [5, 5.41) is 11.6. The number of carbonyl (C=O) groups excluding carboxylic acids is 1. The first-order valence-corrected chi connectivity index (χ1v) is 11.3. The van der Waals surface area contributed by atoms with Crippen LogP contribution in [0.15, 0.2) is 85.2 Å². The Bertz CT molecular complexity index is 961. The monoisotopic (exact) mass is 431 g/mol. The molecule has 2 aromatic carbocycles. The van der Waals surface area contributed by atoms with E-state index < -0.39 is 11.6 Å². The Labute approximate surface area is 189 Å². The number of aromatic nitrogens is 1. The Kier molecular flexibility index (Phi) is 6.68. The smallest absolute Gasteiger partial charge is 0.347 e. The van der Waals surface area contributed by atoms with E-state index in [9.17, 15) is 9.90 Å². The largest absolute Gasteiger partial charge is 0.459 e. The van der Waals surface area contributed by atoms with Crippen LogP contribution in [0.5, 0.6) is 0 Å². The lowest BCUT2D eigenvalue weighted by Crippen LogP contribution is -2.53. The third-order valence-electron chi connectivity index (χ3n) is 6.62. The lowest BCUT2D eigenvalue weighted by atomic mass is 9.86. The molecular formula is C27H31N2O3+. The molecule has 0 amide bonds. The fraction of sp³-hybridized carbons (Fsp3) is 0.333. The Hall–Kier alpha value is -3.02. The minimum atomic E-state index is -1.82. The Morgan fingerprint density at radius 1 is 0.969 bits per heavy atom. The summed E-state index contributed by atoms with van der Waals surface area (Å²) in [4.78, 5) is 17.4. The molecule has 166 valence electrons. The third-order valence-corrected chi connectivity index (χ3v) is 6.62. The molecule has 0 aliphatic carbocycles. The van der Waals surface area contributed by atoms with Crippen LogP contribution in [0.1, 0.15) is 29.5 Å². The van der Waals surface area contributed by atoms with Gasteiger partial charge in [0.25, 0.3) is 0 Å². The van der Waals surface area contributed by atoms with E-state index >= 15 is 0 Å². The van der Waals surface area contributed by atoms with Crippen LogP contribution in [0.3, 0.4) is 0 Å². The standard InChI is InChI=1S/C27H31N2O3/c1-29(19-14-22-12-17-28-18-13-22)20-15-25(16-21-29)32-26(30)27(31,23-8-4-2-5-9-23)24-10-6-3-7-11-24/h2-13,17-18,25,31H,14-16,19-21H2,1H3/q+1. The summed E-state index contributed by atoms with van der Waals surface area (Å²) in [5.74, 6) is -0.604. The van der Waals surface area contributed by atoms with E-state index in [0.717, 1.165) is 43.4 Å². The van der Waals surface area contributed by atoms with Crippen molar-refractivity contribution in [3.8, 4) is 0 Å². The first-order chi connectivity index (χ1) is 15.5. The number of hydrogen-bond acceptors (Lipinski definition) is 4. The molecule has 5 nitrogen and oxygen atoms in total. The van der Waals surface area contributed by atoms with Crippen LogP contribution in [-0.4, -0.2) is 53.3 Å². The number of quaternary nitrogens is 1. The first kappa shape index (κ1) is 22.2. The summed E-state index contributed by atoms with van der Waals surface area (Å²) < 4.78 is 6.87. The Balaban J connectivity index is 1.42. The van der Waals surface area contributed by atoms with Crippen LogP contribution in [0.2, 0.25) is 0 Å². The number of esters is 1. The molecule has 0 bridgehead atoms.